The zero-order chi connectivity index (χ0) is 7.40. The highest BCUT2D eigenvalue weighted by molar-refractivity contribution is 9.10. The van der Waals surface area contributed by atoms with Crippen LogP contribution in [0.2, 0.25) is 0 Å². The van der Waals surface area contributed by atoms with E-state index in [1.54, 1.807) is 6.26 Å². The topological polar surface area (TPSA) is 13.1 Å². The Morgan fingerprint density at radius 2 is 2.30 bits per heavy atom. The van der Waals surface area contributed by atoms with Gasteiger partial charge in [-0.05, 0) is 40.4 Å². The van der Waals surface area contributed by atoms with E-state index >= 15 is 0 Å². The van der Waals surface area contributed by atoms with E-state index in [2.05, 4.69) is 31.9 Å². The van der Waals surface area contributed by atoms with Gasteiger partial charge in [-0.3, -0.25) is 0 Å². The quantitative estimate of drug-likeness (QED) is 0.766. The molecule has 0 spiro atoms. The molecule has 0 aliphatic carbocycles. The zero-order valence-electron chi connectivity index (χ0n) is 5.44. The molecule has 0 aliphatic heterocycles. The van der Waals surface area contributed by atoms with E-state index in [1.165, 1.54) is 5.56 Å². The first-order chi connectivity index (χ1) is 4.83. The lowest BCUT2D eigenvalue weighted by Gasteiger charge is -1.88. The lowest BCUT2D eigenvalue weighted by Crippen LogP contribution is -1.80. The summed E-state index contributed by atoms with van der Waals surface area (Å²) >= 11 is 6.62. The molecule has 3 heteroatoms. The van der Waals surface area contributed by atoms with Crippen LogP contribution in [0.15, 0.2) is 21.4 Å². The third-order valence-electron chi connectivity index (χ3n) is 1.22. The maximum absolute atomic E-state index is 5.06. The maximum atomic E-state index is 5.06. The second kappa shape index (κ2) is 4.19. The van der Waals surface area contributed by atoms with Crippen molar-refractivity contribution in [1.29, 1.82) is 0 Å². The standard InChI is InChI=1S/C7H8Br2O/c8-3-1-2-6-4-7(9)10-5-6/h4-5H,1-3H2. The van der Waals surface area contributed by atoms with Gasteiger partial charge in [0.2, 0.25) is 0 Å². The zero-order valence-corrected chi connectivity index (χ0v) is 8.61. The van der Waals surface area contributed by atoms with Crippen molar-refractivity contribution in [2.45, 2.75) is 12.8 Å². The summed E-state index contributed by atoms with van der Waals surface area (Å²) in [5.74, 6) is 0. The number of aryl methyl sites for hydroxylation is 1. The Morgan fingerprint density at radius 1 is 1.50 bits per heavy atom. The van der Waals surface area contributed by atoms with E-state index in [9.17, 15) is 0 Å². The van der Waals surface area contributed by atoms with Crippen LogP contribution in [-0.4, -0.2) is 5.33 Å². The Balaban J connectivity index is 2.42. The molecule has 10 heavy (non-hydrogen) atoms. The van der Waals surface area contributed by atoms with Crippen molar-refractivity contribution in [1.82, 2.24) is 0 Å². The SMILES string of the molecule is BrCCCc1coc(Br)c1. The molecule has 0 radical (unpaired) electrons. The predicted molar refractivity (Wildman–Crippen MR) is 48.5 cm³/mol. The fourth-order valence-corrected chi connectivity index (χ4v) is 1.42. The van der Waals surface area contributed by atoms with Crippen LogP contribution < -0.4 is 0 Å². The smallest absolute Gasteiger partial charge is 0.169 e. The third-order valence-corrected chi connectivity index (χ3v) is 2.20. The van der Waals surface area contributed by atoms with Crippen LogP contribution in [0.5, 0.6) is 0 Å². The van der Waals surface area contributed by atoms with E-state index in [1.807, 2.05) is 6.07 Å². The molecule has 1 rings (SSSR count). The monoisotopic (exact) mass is 266 g/mol. The molecule has 1 aromatic heterocycles. The van der Waals surface area contributed by atoms with Crippen molar-refractivity contribution in [3.05, 3.63) is 22.6 Å². The average molecular weight is 268 g/mol. The Bertz CT molecular complexity index is 195. The molecule has 0 amide bonds. The Kier molecular flexibility index (Phi) is 3.49. The molecule has 0 bridgehead atoms. The third kappa shape index (κ3) is 2.46. The van der Waals surface area contributed by atoms with Crippen molar-refractivity contribution in [3.8, 4) is 0 Å². The number of halogens is 2. The minimum atomic E-state index is 0.817. The minimum Gasteiger partial charge on any atom is -0.457 e. The Morgan fingerprint density at radius 3 is 2.80 bits per heavy atom. The highest BCUT2D eigenvalue weighted by Crippen LogP contribution is 2.15. The maximum Gasteiger partial charge on any atom is 0.169 e. The van der Waals surface area contributed by atoms with Crippen LogP contribution in [0.3, 0.4) is 0 Å². The second-order valence-electron chi connectivity index (χ2n) is 2.05. The number of alkyl halides is 1. The largest absolute Gasteiger partial charge is 0.457 e. The summed E-state index contributed by atoms with van der Waals surface area (Å²) in [7, 11) is 0. The molecule has 0 saturated heterocycles. The molecule has 0 atom stereocenters. The van der Waals surface area contributed by atoms with Gasteiger partial charge >= 0.3 is 0 Å². The number of rotatable bonds is 3. The molecule has 1 heterocycles. The molecule has 0 saturated carbocycles. The predicted octanol–water partition coefficient (Wildman–Crippen LogP) is 3.37. The molecule has 56 valence electrons. The minimum absolute atomic E-state index is 0.817. The average Bonchev–Trinajstić information content (AvgIpc) is 2.31. The molecule has 0 aromatic carbocycles. The summed E-state index contributed by atoms with van der Waals surface area (Å²) in [4.78, 5) is 0. The Labute approximate surface area is 77.1 Å². The molecular formula is C7H8Br2O. The fourth-order valence-electron chi connectivity index (χ4n) is 0.748. The molecule has 0 aliphatic rings. The van der Waals surface area contributed by atoms with Crippen LogP contribution in [0, 0.1) is 0 Å². The summed E-state index contributed by atoms with van der Waals surface area (Å²) in [6.07, 6.45) is 4.03. The highest BCUT2D eigenvalue weighted by Gasteiger charge is 1.96. The van der Waals surface area contributed by atoms with Gasteiger partial charge in [-0.15, -0.1) is 0 Å². The fraction of sp³-hybridized carbons (Fsp3) is 0.429. The van der Waals surface area contributed by atoms with Gasteiger partial charge in [-0.25, -0.2) is 0 Å². The second-order valence-corrected chi connectivity index (χ2v) is 3.63. The van der Waals surface area contributed by atoms with Crippen LogP contribution in [0.25, 0.3) is 0 Å². The summed E-state index contributed by atoms with van der Waals surface area (Å²) < 4.78 is 5.88. The highest BCUT2D eigenvalue weighted by atomic mass is 79.9. The van der Waals surface area contributed by atoms with Crippen molar-refractivity contribution < 1.29 is 4.42 Å². The van der Waals surface area contributed by atoms with Crippen LogP contribution in [-0.2, 0) is 6.42 Å². The lowest BCUT2D eigenvalue weighted by molar-refractivity contribution is 0.538. The van der Waals surface area contributed by atoms with Crippen LogP contribution >= 0.6 is 31.9 Å². The first kappa shape index (κ1) is 8.34. The summed E-state index contributed by atoms with van der Waals surface area (Å²) in [6.45, 7) is 0. The summed E-state index contributed by atoms with van der Waals surface area (Å²) in [6, 6.07) is 2.00. The van der Waals surface area contributed by atoms with Gasteiger partial charge in [0.25, 0.3) is 0 Å². The van der Waals surface area contributed by atoms with Gasteiger partial charge in [0.1, 0.15) is 0 Å². The first-order valence-corrected chi connectivity index (χ1v) is 5.03. The van der Waals surface area contributed by atoms with Gasteiger partial charge in [0, 0.05) is 5.33 Å². The van der Waals surface area contributed by atoms with E-state index < -0.39 is 0 Å². The Hall–Kier alpha value is 0.240. The first-order valence-electron chi connectivity index (χ1n) is 3.12. The molecular weight excluding hydrogens is 260 g/mol. The van der Waals surface area contributed by atoms with Crippen LogP contribution in [0.4, 0.5) is 0 Å². The van der Waals surface area contributed by atoms with Crippen LogP contribution in [0.1, 0.15) is 12.0 Å². The van der Waals surface area contributed by atoms with Crippen molar-refractivity contribution in [3.63, 3.8) is 0 Å². The molecule has 0 fully saturated rings. The molecule has 0 unspecified atom stereocenters. The summed E-state index contributed by atoms with van der Waals surface area (Å²) in [5, 5.41) is 1.05. The number of hydrogen-bond donors (Lipinski definition) is 0. The van der Waals surface area contributed by atoms with E-state index in [4.69, 9.17) is 4.42 Å². The van der Waals surface area contributed by atoms with Gasteiger partial charge < -0.3 is 4.42 Å². The van der Waals surface area contributed by atoms with E-state index in [-0.39, 0.29) is 0 Å². The number of furan rings is 1. The van der Waals surface area contributed by atoms with Crippen molar-refractivity contribution in [2.24, 2.45) is 0 Å². The van der Waals surface area contributed by atoms with Crippen molar-refractivity contribution in [2.75, 3.05) is 5.33 Å². The molecule has 1 aromatic rings. The van der Waals surface area contributed by atoms with E-state index in [0.29, 0.717) is 0 Å². The lowest BCUT2D eigenvalue weighted by atomic mass is 10.2. The molecule has 1 nitrogen and oxygen atoms in total. The van der Waals surface area contributed by atoms with E-state index in [0.717, 1.165) is 22.8 Å². The van der Waals surface area contributed by atoms with Gasteiger partial charge in [0.15, 0.2) is 4.67 Å². The van der Waals surface area contributed by atoms with Gasteiger partial charge in [0.05, 0.1) is 6.26 Å². The number of hydrogen-bond acceptors (Lipinski definition) is 1. The summed E-state index contributed by atoms with van der Waals surface area (Å²) in [5.41, 5.74) is 1.26. The van der Waals surface area contributed by atoms with Gasteiger partial charge in [-0.2, -0.15) is 0 Å². The molecule has 0 N–H and O–H groups in total. The van der Waals surface area contributed by atoms with Gasteiger partial charge in [-0.1, -0.05) is 15.9 Å². The normalized spacial score (nSPS) is 10.2. The van der Waals surface area contributed by atoms with Crippen molar-refractivity contribution >= 4 is 31.9 Å².